The van der Waals surface area contributed by atoms with Gasteiger partial charge < -0.3 is 19.9 Å². The summed E-state index contributed by atoms with van der Waals surface area (Å²) in [5.74, 6) is 2.07. The molecule has 21 heavy (non-hydrogen) atoms. The van der Waals surface area contributed by atoms with Gasteiger partial charge in [-0.15, -0.1) is 0 Å². The largest absolute Gasteiger partial charge is 0.461 e. The number of hydrogen-bond acceptors (Lipinski definition) is 9. The molecule has 0 aromatic carbocycles. The number of nitrogens with one attached hydrogen (secondary N) is 2. The van der Waals surface area contributed by atoms with Crippen LogP contribution in [0.1, 0.15) is 25.6 Å². The highest BCUT2D eigenvalue weighted by Crippen LogP contribution is 2.12. The number of aromatic nitrogens is 5. The van der Waals surface area contributed by atoms with Crippen molar-refractivity contribution in [3.05, 3.63) is 11.7 Å². The molecule has 2 rings (SSSR count). The summed E-state index contributed by atoms with van der Waals surface area (Å²) in [6.45, 7) is 6.15. The molecule has 0 saturated heterocycles. The summed E-state index contributed by atoms with van der Waals surface area (Å²) < 4.78 is 10.4. The van der Waals surface area contributed by atoms with E-state index >= 15 is 0 Å². The molecular formula is C12H19N7O2. The SMILES string of the molecule is CNc1nc(NCCc2noc(C)n2)nc(OC(C)C)n1. The second-order valence-corrected chi connectivity index (χ2v) is 4.59. The Morgan fingerprint density at radius 3 is 2.52 bits per heavy atom. The molecule has 0 atom stereocenters. The fourth-order valence-corrected chi connectivity index (χ4v) is 1.54. The van der Waals surface area contributed by atoms with E-state index in [1.807, 2.05) is 13.8 Å². The van der Waals surface area contributed by atoms with E-state index in [2.05, 4.69) is 35.7 Å². The van der Waals surface area contributed by atoms with Crippen molar-refractivity contribution < 1.29 is 9.26 Å². The lowest BCUT2D eigenvalue weighted by Gasteiger charge is -2.10. The Bertz CT molecular complexity index is 585. The molecule has 2 N–H and O–H groups in total. The van der Waals surface area contributed by atoms with Crippen molar-refractivity contribution in [2.24, 2.45) is 0 Å². The van der Waals surface area contributed by atoms with E-state index in [9.17, 15) is 0 Å². The average Bonchev–Trinajstić information content (AvgIpc) is 2.83. The number of nitrogens with zero attached hydrogens (tertiary/aromatic N) is 5. The highest BCUT2D eigenvalue weighted by molar-refractivity contribution is 5.35. The maximum atomic E-state index is 5.48. The zero-order chi connectivity index (χ0) is 15.2. The van der Waals surface area contributed by atoms with Gasteiger partial charge in [-0.25, -0.2) is 0 Å². The lowest BCUT2D eigenvalue weighted by atomic mass is 10.4. The van der Waals surface area contributed by atoms with Crippen LogP contribution in [0.25, 0.3) is 0 Å². The molecule has 2 aromatic heterocycles. The molecule has 0 bridgehead atoms. The van der Waals surface area contributed by atoms with E-state index in [1.54, 1.807) is 14.0 Å². The highest BCUT2D eigenvalue weighted by Gasteiger charge is 2.08. The van der Waals surface area contributed by atoms with E-state index in [1.165, 1.54) is 0 Å². The Kier molecular flexibility index (Phi) is 4.85. The minimum atomic E-state index is -0.00717. The van der Waals surface area contributed by atoms with Gasteiger partial charge in [0.15, 0.2) is 5.82 Å². The van der Waals surface area contributed by atoms with Crippen LogP contribution in [0.5, 0.6) is 6.01 Å². The van der Waals surface area contributed by atoms with E-state index in [0.717, 1.165) is 0 Å². The minimum Gasteiger partial charge on any atom is -0.461 e. The van der Waals surface area contributed by atoms with E-state index in [0.29, 0.717) is 36.6 Å². The molecule has 0 saturated carbocycles. The van der Waals surface area contributed by atoms with Crippen LogP contribution < -0.4 is 15.4 Å². The number of rotatable bonds is 7. The Hall–Kier alpha value is -2.45. The van der Waals surface area contributed by atoms with E-state index in [4.69, 9.17) is 9.26 Å². The molecule has 2 aromatic rings. The normalized spacial score (nSPS) is 10.7. The van der Waals surface area contributed by atoms with Gasteiger partial charge in [0.2, 0.25) is 17.8 Å². The summed E-state index contributed by atoms with van der Waals surface area (Å²) in [5, 5.41) is 9.78. The lowest BCUT2D eigenvalue weighted by Crippen LogP contribution is -2.14. The second-order valence-electron chi connectivity index (χ2n) is 4.59. The summed E-state index contributed by atoms with van der Waals surface area (Å²) >= 11 is 0. The molecule has 0 aliphatic rings. The van der Waals surface area contributed by atoms with Crippen molar-refractivity contribution in [3.8, 4) is 6.01 Å². The van der Waals surface area contributed by atoms with Gasteiger partial charge in [0.05, 0.1) is 6.10 Å². The molecule has 0 spiro atoms. The quantitative estimate of drug-likeness (QED) is 0.773. The van der Waals surface area contributed by atoms with Crippen LogP contribution in [0.15, 0.2) is 4.52 Å². The Morgan fingerprint density at radius 1 is 1.14 bits per heavy atom. The second kappa shape index (κ2) is 6.82. The summed E-state index contributed by atoms with van der Waals surface area (Å²) in [5.41, 5.74) is 0. The molecule has 0 amide bonds. The van der Waals surface area contributed by atoms with Gasteiger partial charge in [0.1, 0.15) is 0 Å². The van der Waals surface area contributed by atoms with Gasteiger partial charge >= 0.3 is 6.01 Å². The van der Waals surface area contributed by atoms with Crippen LogP contribution in [0, 0.1) is 6.92 Å². The topological polar surface area (TPSA) is 111 Å². The van der Waals surface area contributed by atoms with Crippen LogP contribution in [0.3, 0.4) is 0 Å². The molecule has 0 aliphatic carbocycles. The van der Waals surface area contributed by atoms with Gasteiger partial charge in [-0.1, -0.05) is 5.16 Å². The monoisotopic (exact) mass is 293 g/mol. The standard InChI is InChI=1S/C12H19N7O2/c1-7(2)20-12-17-10(13-4)16-11(18-12)14-6-5-9-15-8(3)21-19-9/h7H,5-6H2,1-4H3,(H2,13,14,16,17,18). The fraction of sp³-hybridized carbons (Fsp3) is 0.583. The third-order valence-corrected chi connectivity index (χ3v) is 2.38. The summed E-state index contributed by atoms with van der Waals surface area (Å²) in [6.07, 6.45) is 0.602. The van der Waals surface area contributed by atoms with Crippen LogP contribution in [-0.2, 0) is 6.42 Å². The number of aryl methyl sites for hydroxylation is 1. The predicted octanol–water partition coefficient (Wildman–Crippen LogP) is 1.05. The molecule has 9 heteroatoms. The molecule has 0 aliphatic heterocycles. The first-order valence-electron chi connectivity index (χ1n) is 6.70. The first-order valence-corrected chi connectivity index (χ1v) is 6.70. The predicted molar refractivity (Wildman–Crippen MR) is 76.4 cm³/mol. The van der Waals surface area contributed by atoms with Crippen molar-refractivity contribution in [1.29, 1.82) is 0 Å². The minimum absolute atomic E-state index is 0.00717. The van der Waals surface area contributed by atoms with Gasteiger partial charge in [0, 0.05) is 26.9 Å². The number of ether oxygens (including phenoxy) is 1. The van der Waals surface area contributed by atoms with Gasteiger partial charge in [-0.05, 0) is 13.8 Å². The molecule has 9 nitrogen and oxygen atoms in total. The first-order chi connectivity index (χ1) is 10.1. The van der Waals surface area contributed by atoms with Crippen LogP contribution >= 0.6 is 0 Å². The van der Waals surface area contributed by atoms with Gasteiger partial charge in [-0.2, -0.15) is 19.9 Å². The van der Waals surface area contributed by atoms with E-state index < -0.39 is 0 Å². The van der Waals surface area contributed by atoms with Crippen LogP contribution in [0.2, 0.25) is 0 Å². The Labute approximate surface area is 122 Å². The zero-order valence-corrected chi connectivity index (χ0v) is 12.5. The summed E-state index contributed by atoms with van der Waals surface area (Å²) in [7, 11) is 1.74. The molecule has 114 valence electrons. The van der Waals surface area contributed by atoms with Crippen molar-refractivity contribution >= 4 is 11.9 Å². The highest BCUT2D eigenvalue weighted by atomic mass is 16.5. The zero-order valence-electron chi connectivity index (χ0n) is 12.5. The Morgan fingerprint density at radius 2 is 1.90 bits per heavy atom. The molecule has 0 unspecified atom stereocenters. The third kappa shape index (κ3) is 4.55. The summed E-state index contributed by atoms with van der Waals surface area (Å²) in [4.78, 5) is 16.7. The molecule has 0 fully saturated rings. The van der Waals surface area contributed by atoms with Crippen molar-refractivity contribution in [2.75, 3.05) is 24.2 Å². The summed E-state index contributed by atoms with van der Waals surface area (Å²) in [6, 6.07) is 0.280. The average molecular weight is 293 g/mol. The van der Waals surface area contributed by atoms with Crippen molar-refractivity contribution in [1.82, 2.24) is 25.1 Å². The maximum absolute atomic E-state index is 5.48. The lowest BCUT2D eigenvalue weighted by molar-refractivity contribution is 0.222. The van der Waals surface area contributed by atoms with Crippen LogP contribution in [0.4, 0.5) is 11.9 Å². The van der Waals surface area contributed by atoms with Crippen molar-refractivity contribution in [3.63, 3.8) is 0 Å². The van der Waals surface area contributed by atoms with Crippen LogP contribution in [-0.4, -0.2) is 44.8 Å². The number of hydrogen-bond donors (Lipinski definition) is 2. The van der Waals surface area contributed by atoms with Gasteiger partial charge in [0.25, 0.3) is 0 Å². The van der Waals surface area contributed by atoms with Crippen molar-refractivity contribution in [2.45, 2.75) is 33.3 Å². The first kappa shape index (κ1) is 14.9. The molecule has 0 radical (unpaired) electrons. The Balaban J connectivity index is 1.97. The maximum Gasteiger partial charge on any atom is 0.323 e. The molecule has 2 heterocycles. The fourth-order valence-electron chi connectivity index (χ4n) is 1.54. The van der Waals surface area contributed by atoms with E-state index in [-0.39, 0.29) is 12.1 Å². The molecular weight excluding hydrogens is 274 g/mol. The third-order valence-electron chi connectivity index (χ3n) is 2.38. The number of anilines is 2. The van der Waals surface area contributed by atoms with Gasteiger partial charge in [-0.3, -0.25) is 0 Å². The smallest absolute Gasteiger partial charge is 0.323 e.